The van der Waals surface area contributed by atoms with Crippen molar-refractivity contribution in [3.8, 4) is 0 Å². The molecule has 196 valence electrons. The third kappa shape index (κ3) is 8.61. The lowest BCUT2D eigenvalue weighted by Gasteiger charge is -2.25. The third-order valence-corrected chi connectivity index (χ3v) is 6.45. The molecule has 3 rings (SSSR count). The number of amides is 2. The van der Waals surface area contributed by atoms with Crippen LogP contribution in [-0.2, 0) is 6.54 Å². The van der Waals surface area contributed by atoms with E-state index in [0.717, 1.165) is 16.7 Å². The number of aliphatic hydroxyl groups excluding tert-OH is 2. The Balaban J connectivity index is 1.65. The molecule has 0 spiro atoms. The fourth-order valence-electron chi connectivity index (χ4n) is 3.85. The fourth-order valence-corrected chi connectivity index (χ4v) is 4.61. The average molecular weight is 523 g/mol. The van der Waals surface area contributed by atoms with E-state index in [0.29, 0.717) is 36.4 Å². The molecular formula is C28H34N4O4S. The third-order valence-electron chi connectivity index (χ3n) is 5.71. The number of thiophene rings is 1. The van der Waals surface area contributed by atoms with Gasteiger partial charge in [-0.3, -0.25) is 14.5 Å². The van der Waals surface area contributed by atoms with Gasteiger partial charge in [0, 0.05) is 36.0 Å². The van der Waals surface area contributed by atoms with Crippen LogP contribution in [0.25, 0.3) is 0 Å². The Hall–Kier alpha value is -3.37. The largest absolute Gasteiger partial charge is 0.392 e. The van der Waals surface area contributed by atoms with Crippen LogP contribution in [0.3, 0.4) is 0 Å². The van der Waals surface area contributed by atoms with Crippen molar-refractivity contribution in [1.29, 1.82) is 0 Å². The molecule has 0 aliphatic heterocycles. The second-order valence-corrected chi connectivity index (χ2v) is 10.0. The van der Waals surface area contributed by atoms with Gasteiger partial charge in [0.15, 0.2) is 0 Å². The minimum Gasteiger partial charge on any atom is -0.392 e. The highest BCUT2D eigenvalue weighted by Gasteiger charge is 2.17. The summed E-state index contributed by atoms with van der Waals surface area (Å²) >= 11 is 1.31. The van der Waals surface area contributed by atoms with Gasteiger partial charge >= 0.3 is 0 Å². The van der Waals surface area contributed by atoms with Gasteiger partial charge in [-0.05, 0) is 62.1 Å². The molecule has 1 heterocycles. The molecule has 0 fully saturated rings. The molecule has 0 aliphatic carbocycles. The van der Waals surface area contributed by atoms with E-state index in [9.17, 15) is 19.8 Å². The molecule has 8 nitrogen and oxygen atoms in total. The highest BCUT2D eigenvalue weighted by molar-refractivity contribution is 7.08. The van der Waals surface area contributed by atoms with Crippen LogP contribution in [0.1, 0.15) is 56.8 Å². The Labute approximate surface area is 221 Å². The highest BCUT2D eigenvalue weighted by atomic mass is 32.1. The molecule has 0 radical (unpaired) electrons. The Bertz CT molecular complexity index is 1240. The molecule has 0 saturated carbocycles. The van der Waals surface area contributed by atoms with Gasteiger partial charge in [0.05, 0.1) is 29.7 Å². The number of hydrogen-bond acceptors (Lipinski definition) is 7. The summed E-state index contributed by atoms with van der Waals surface area (Å²) in [5, 5.41) is 29.8. The predicted molar refractivity (Wildman–Crippen MR) is 148 cm³/mol. The van der Waals surface area contributed by atoms with Gasteiger partial charge in [-0.15, -0.1) is 11.3 Å². The summed E-state index contributed by atoms with van der Waals surface area (Å²) in [5.74, 6) is -0.761. The van der Waals surface area contributed by atoms with E-state index in [1.54, 1.807) is 49.0 Å². The van der Waals surface area contributed by atoms with Crippen LogP contribution in [0.4, 0.5) is 5.69 Å². The Kier molecular flexibility index (Phi) is 10.1. The molecule has 3 aromatic rings. The molecule has 0 bridgehead atoms. The molecule has 0 saturated heterocycles. The molecule has 37 heavy (non-hydrogen) atoms. The van der Waals surface area contributed by atoms with Gasteiger partial charge in [0.2, 0.25) is 0 Å². The molecule has 2 aromatic carbocycles. The van der Waals surface area contributed by atoms with E-state index in [-0.39, 0.29) is 5.91 Å². The molecule has 2 amide bonds. The average Bonchev–Trinajstić information content (AvgIpc) is 3.29. The lowest BCUT2D eigenvalue weighted by molar-refractivity contribution is 0.0793. The Morgan fingerprint density at radius 2 is 1.73 bits per heavy atom. The second kappa shape index (κ2) is 13.3. The second-order valence-electron chi connectivity index (χ2n) is 9.29. The van der Waals surface area contributed by atoms with E-state index in [1.165, 1.54) is 16.9 Å². The van der Waals surface area contributed by atoms with E-state index in [2.05, 4.69) is 15.8 Å². The van der Waals surface area contributed by atoms with Crippen molar-refractivity contribution in [3.05, 3.63) is 86.6 Å². The van der Waals surface area contributed by atoms with Gasteiger partial charge in [0.1, 0.15) is 0 Å². The highest BCUT2D eigenvalue weighted by Crippen LogP contribution is 2.22. The first kappa shape index (κ1) is 28.2. The number of anilines is 1. The van der Waals surface area contributed by atoms with E-state index in [4.69, 9.17) is 0 Å². The van der Waals surface area contributed by atoms with Crippen molar-refractivity contribution in [1.82, 2.24) is 10.3 Å². The van der Waals surface area contributed by atoms with E-state index >= 15 is 0 Å². The summed E-state index contributed by atoms with van der Waals surface area (Å²) in [6.07, 6.45) is 0.496. The van der Waals surface area contributed by atoms with Crippen LogP contribution in [0.5, 0.6) is 0 Å². The van der Waals surface area contributed by atoms with Crippen molar-refractivity contribution >= 4 is 35.1 Å². The molecule has 1 aromatic heterocycles. The number of nitrogens with zero attached hydrogens (tertiary/aromatic N) is 2. The maximum Gasteiger partial charge on any atom is 0.274 e. The maximum atomic E-state index is 13.0. The summed E-state index contributed by atoms with van der Waals surface area (Å²) in [6, 6.07) is 13.1. The number of aliphatic hydroxyl groups is 2. The summed E-state index contributed by atoms with van der Waals surface area (Å²) in [5.41, 5.74) is 7.77. The zero-order chi connectivity index (χ0) is 26.9. The first-order chi connectivity index (χ1) is 17.6. The number of carbonyl (C=O) groups is 2. The van der Waals surface area contributed by atoms with Gasteiger partial charge in [-0.1, -0.05) is 30.3 Å². The molecule has 4 N–H and O–H groups in total. The zero-order valence-electron chi connectivity index (χ0n) is 21.6. The molecule has 2 unspecified atom stereocenters. The summed E-state index contributed by atoms with van der Waals surface area (Å²) in [7, 11) is 0. The number of rotatable bonds is 11. The van der Waals surface area contributed by atoms with Crippen LogP contribution in [0, 0.1) is 13.8 Å². The molecular weight excluding hydrogens is 488 g/mol. The van der Waals surface area contributed by atoms with Gasteiger partial charge < -0.3 is 15.5 Å². The van der Waals surface area contributed by atoms with Crippen molar-refractivity contribution in [2.45, 2.75) is 46.4 Å². The van der Waals surface area contributed by atoms with Gasteiger partial charge in [-0.2, -0.15) is 5.10 Å². The minimum atomic E-state index is -0.543. The van der Waals surface area contributed by atoms with E-state index < -0.39 is 18.1 Å². The topological polar surface area (TPSA) is 114 Å². The molecule has 9 heteroatoms. The van der Waals surface area contributed by atoms with Crippen LogP contribution in [0.2, 0.25) is 0 Å². The zero-order valence-corrected chi connectivity index (χ0v) is 22.4. The van der Waals surface area contributed by atoms with Crippen molar-refractivity contribution < 1.29 is 19.8 Å². The fraction of sp³-hybridized carbons (Fsp3) is 0.321. The smallest absolute Gasteiger partial charge is 0.274 e. The number of hydrazone groups is 1. The summed E-state index contributed by atoms with van der Waals surface area (Å²) in [6.45, 7) is 8.72. The predicted octanol–water partition coefficient (Wildman–Crippen LogP) is 3.94. The standard InChI is InChI=1S/C28H34N4O4S/c1-18-8-9-22(10-19(18)2)12-29-31-28(36)25-16-37-17-26(25)30-27(35)24-7-5-6-23(11-24)15-32(13-20(3)33)14-21(4)34/h5-12,16-17,20-21,33-34H,13-15H2,1-4H3,(H,30,35)(H,31,36). The number of carbonyl (C=O) groups excluding carboxylic acids is 2. The van der Waals surface area contributed by atoms with Crippen LogP contribution in [0.15, 0.2) is 58.3 Å². The first-order valence-corrected chi connectivity index (χ1v) is 13.0. The lowest BCUT2D eigenvalue weighted by atomic mass is 10.1. The number of hydrogen-bond donors (Lipinski definition) is 4. The van der Waals surface area contributed by atoms with Crippen molar-refractivity contribution in [2.24, 2.45) is 5.10 Å². The van der Waals surface area contributed by atoms with Crippen LogP contribution in [-0.4, -0.2) is 58.4 Å². The summed E-state index contributed by atoms with van der Waals surface area (Å²) in [4.78, 5) is 27.6. The van der Waals surface area contributed by atoms with E-state index in [1.807, 2.05) is 43.0 Å². The summed E-state index contributed by atoms with van der Waals surface area (Å²) < 4.78 is 0. The first-order valence-electron chi connectivity index (χ1n) is 12.1. The lowest BCUT2D eigenvalue weighted by Crippen LogP contribution is -2.35. The van der Waals surface area contributed by atoms with Gasteiger partial charge in [0.25, 0.3) is 11.8 Å². The maximum absolute atomic E-state index is 13.0. The quantitative estimate of drug-likeness (QED) is 0.225. The van der Waals surface area contributed by atoms with Crippen molar-refractivity contribution in [2.75, 3.05) is 18.4 Å². The Morgan fingerprint density at radius 3 is 2.41 bits per heavy atom. The molecule has 2 atom stereocenters. The minimum absolute atomic E-state index is 0.326. The Morgan fingerprint density at radius 1 is 1.00 bits per heavy atom. The van der Waals surface area contributed by atoms with Crippen LogP contribution < -0.4 is 10.7 Å². The SMILES string of the molecule is Cc1ccc(C=NNC(=O)c2cscc2NC(=O)c2cccc(CN(CC(C)O)CC(C)O)c2)cc1C. The number of nitrogens with one attached hydrogen (secondary N) is 2. The number of aryl methyl sites for hydroxylation is 2. The number of benzene rings is 2. The van der Waals surface area contributed by atoms with Crippen molar-refractivity contribution in [3.63, 3.8) is 0 Å². The van der Waals surface area contributed by atoms with Gasteiger partial charge in [-0.25, -0.2) is 5.43 Å². The normalized spacial score (nSPS) is 13.1. The molecule has 0 aliphatic rings. The monoisotopic (exact) mass is 522 g/mol. The van der Waals surface area contributed by atoms with Crippen LogP contribution >= 0.6 is 11.3 Å².